The Bertz CT molecular complexity index is 653. The van der Waals surface area contributed by atoms with Crippen molar-refractivity contribution in [3.05, 3.63) is 30.2 Å². The van der Waals surface area contributed by atoms with Gasteiger partial charge in [0.05, 0.1) is 17.9 Å². The topological polar surface area (TPSA) is 103 Å². The van der Waals surface area contributed by atoms with Gasteiger partial charge in [0.25, 0.3) is 5.91 Å². The number of hydrogen-bond donors (Lipinski definition) is 1. The summed E-state index contributed by atoms with van der Waals surface area (Å²) in [6.45, 7) is 3.63. The number of piperidine rings is 1. The molecular formula is C13H17N7O. The van der Waals surface area contributed by atoms with Gasteiger partial charge >= 0.3 is 0 Å². The van der Waals surface area contributed by atoms with Crippen LogP contribution in [0.2, 0.25) is 0 Å². The highest BCUT2D eigenvalue weighted by Crippen LogP contribution is 2.24. The molecule has 1 unspecified atom stereocenters. The molecule has 0 spiro atoms. The number of rotatable bonds is 3. The first-order chi connectivity index (χ1) is 10.1. The molecule has 1 saturated heterocycles. The number of carbonyl (C=O) groups excluding carboxylic acids is 1. The van der Waals surface area contributed by atoms with Gasteiger partial charge in [0.15, 0.2) is 0 Å². The Morgan fingerprint density at radius 2 is 2.29 bits per heavy atom. The van der Waals surface area contributed by atoms with Crippen LogP contribution in [0.15, 0.2) is 18.7 Å². The SMILES string of the molecule is Cc1cncc(N2CCCC(n3cnc(C(N)=O)n3)C2)n1. The quantitative estimate of drug-likeness (QED) is 0.872. The van der Waals surface area contributed by atoms with Crippen LogP contribution in [0.1, 0.15) is 35.2 Å². The fraction of sp³-hybridized carbons (Fsp3) is 0.462. The first-order valence-corrected chi connectivity index (χ1v) is 6.88. The average Bonchev–Trinajstić information content (AvgIpc) is 2.97. The summed E-state index contributed by atoms with van der Waals surface area (Å²) in [5, 5.41) is 4.15. The van der Waals surface area contributed by atoms with Gasteiger partial charge in [-0.25, -0.2) is 14.6 Å². The summed E-state index contributed by atoms with van der Waals surface area (Å²) in [5.74, 6) is 0.323. The van der Waals surface area contributed by atoms with Gasteiger partial charge in [-0.05, 0) is 19.8 Å². The number of hydrogen-bond acceptors (Lipinski definition) is 6. The predicted octanol–water partition coefficient (Wildman–Crippen LogP) is 0.317. The normalized spacial score (nSPS) is 18.7. The molecule has 2 N–H and O–H groups in total. The molecule has 110 valence electrons. The molecule has 2 aromatic rings. The van der Waals surface area contributed by atoms with Crippen molar-refractivity contribution in [2.45, 2.75) is 25.8 Å². The lowest BCUT2D eigenvalue weighted by Crippen LogP contribution is -2.37. The van der Waals surface area contributed by atoms with E-state index in [0.717, 1.165) is 37.4 Å². The summed E-state index contributed by atoms with van der Waals surface area (Å²) < 4.78 is 1.72. The molecule has 1 atom stereocenters. The van der Waals surface area contributed by atoms with Crippen LogP contribution in [0.4, 0.5) is 5.82 Å². The molecule has 21 heavy (non-hydrogen) atoms. The first-order valence-electron chi connectivity index (χ1n) is 6.88. The van der Waals surface area contributed by atoms with E-state index in [9.17, 15) is 4.79 Å². The lowest BCUT2D eigenvalue weighted by Gasteiger charge is -2.33. The van der Waals surface area contributed by atoms with Crippen LogP contribution < -0.4 is 10.6 Å². The summed E-state index contributed by atoms with van der Waals surface area (Å²) >= 11 is 0. The molecule has 0 bridgehead atoms. The van der Waals surface area contributed by atoms with Gasteiger partial charge in [-0.15, -0.1) is 5.10 Å². The Kier molecular flexibility index (Phi) is 3.51. The third-order valence-corrected chi connectivity index (χ3v) is 3.57. The minimum absolute atomic E-state index is 0.0578. The standard InChI is InChI=1S/C13H17N7O/c1-9-5-15-6-11(17-9)19-4-2-3-10(7-19)20-8-16-13(18-20)12(14)21/h5-6,8,10H,2-4,7H2,1H3,(H2,14,21). The van der Waals surface area contributed by atoms with Crippen LogP contribution in [0.3, 0.4) is 0 Å². The average molecular weight is 287 g/mol. The lowest BCUT2D eigenvalue weighted by atomic mass is 10.1. The molecule has 0 aliphatic carbocycles. The third-order valence-electron chi connectivity index (χ3n) is 3.57. The molecule has 1 fully saturated rings. The van der Waals surface area contributed by atoms with Crippen LogP contribution in [-0.4, -0.2) is 43.7 Å². The minimum atomic E-state index is -0.606. The summed E-state index contributed by atoms with van der Waals surface area (Å²) in [6.07, 6.45) is 7.08. The first kappa shape index (κ1) is 13.5. The Labute approximate surface area is 122 Å². The van der Waals surface area contributed by atoms with Crippen molar-refractivity contribution in [1.82, 2.24) is 24.7 Å². The maximum atomic E-state index is 11.1. The zero-order valence-corrected chi connectivity index (χ0v) is 11.8. The fourth-order valence-corrected chi connectivity index (χ4v) is 2.55. The van der Waals surface area contributed by atoms with Crippen LogP contribution >= 0.6 is 0 Å². The van der Waals surface area contributed by atoms with E-state index in [2.05, 4.69) is 25.0 Å². The van der Waals surface area contributed by atoms with Gasteiger partial charge in [-0.1, -0.05) is 0 Å². The number of amides is 1. The van der Waals surface area contributed by atoms with Gasteiger partial charge in [-0.2, -0.15) is 0 Å². The van der Waals surface area contributed by atoms with Crippen molar-refractivity contribution in [3.8, 4) is 0 Å². The third kappa shape index (κ3) is 2.83. The van der Waals surface area contributed by atoms with Crippen molar-refractivity contribution in [1.29, 1.82) is 0 Å². The number of carbonyl (C=O) groups is 1. The lowest BCUT2D eigenvalue weighted by molar-refractivity contribution is 0.0990. The molecular weight excluding hydrogens is 270 g/mol. The number of aromatic nitrogens is 5. The zero-order chi connectivity index (χ0) is 14.8. The van der Waals surface area contributed by atoms with E-state index in [4.69, 9.17) is 5.73 Å². The molecule has 1 aliphatic rings. The van der Waals surface area contributed by atoms with E-state index in [1.54, 1.807) is 23.4 Å². The summed E-state index contributed by atoms with van der Waals surface area (Å²) in [5.41, 5.74) is 6.08. The number of primary amides is 1. The van der Waals surface area contributed by atoms with E-state index in [-0.39, 0.29) is 11.9 Å². The van der Waals surface area contributed by atoms with E-state index in [0.29, 0.717) is 0 Å². The highest BCUT2D eigenvalue weighted by Gasteiger charge is 2.24. The monoisotopic (exact) mass is 287 g/mol. The number of nitrogens with zero attached hydrogens (tertiary/aromatic N) is 6. The minimum Gasteiger partial charge on any atom is -0.363 e. The molecule has 8 heteroatoms. The predicted molar refractivity (Wildman–Crippen MR) is 75.8 cm³/mol. The van der Waals surface area contributed by atoms with Crippen LogP contribution in [0, 0.1) is 6.92 Å². The van der Waals surface area contributed by atoms with Gasteiger partial charge in [0, 0.05) is 19.3 Å². The van der Waals surface area contributed by atoms with Gasteiger partial charge in [0.1, 0.15) is 12.1 Å². The van der Waals surface area contributed by atoms with E-state index in [1.807, 2.05) is 6.92 Å². The van der Waals surface area contributed by atoms with Crippen LogP contribution in [-0.2, 0) is 0 Å². The van der Waals surface area contributed by atoms with Crippen LogP contribution in [0.25, 0.3) is 0 Å². The summed E-state index contributed by atoms with van der Waals surface area (Å²) in [6, 6.07) is 0.154. The molecule has 1 amide bonds. The number of aryl methyl sites for hydroxylation is 1. The summed E-state index contributed by atoms with van der Waals surface area (Å²) in [4.78, 5) is 25.9. The molecule has 2 aromatic heterocycles. The maximum Gasteiger partial charge on any atom is 0.288 e. The smallest absolute Gasteiger partial charge is 0.288 e. The van der Waals surface area contributed by atoms with Crippen molar-refractivity contribution in [3.63, 3.8) is 0 Å². The van der Waals surface area contributed by atoms with Crippen LogP contribution in [0.5, 0.6) is 0 Å². The highest BCUT2D eigenvalue weighted by atomic mass is 16.1. The molecule has 3 heterocycles. The van der Waals surface area contributed by atoms with E-state index < -0.39 is 5.91 Å². The molecule has 8 nitrogen and oxygen atoms in total. The van der Waals surface area contributed by atoms with E-state index in [1.165, 1.54) is 0 Å². The largest absolute Gasteiger partial charge is 0.363 e. The maximum absolute atomic E-state index is 11.1. The molecule has 1 aliphatic heterocycles. The highest BCUT2D eigenvalue weighted by molar-refractivity contribution is 5.88. The molecule has 0 aromatic carbocycles. The van der Waals surface area contributed by atoms with Crippen molar-refractivity contribution in [2.75, 3.05) is 18.0 Å². The van der Waals surface area contributed by atoms with Gasteiger partial charge in [-0.3, -0.25) is 9.78 Å². The number of anilines is 1. The Morgan fingerprint density at radius 1 is 1.43 bits per heavy atom. The van der Waals surface area contributed by atoms with Gasteiger partial charge < -0.3 is 10.6 Å². The Balaban J connectivity index is 1.77. The summed E-state index contributed by atoms with van der Waals surface area (Å²) in [7, 11) is 0. The molecule has 0 radical (unpaired) electrons. The molecule has 3 rings (SSSR count). The van der Waals surface area contributed by atoms with Crippen molar-refractivity contribution >= 4 is 11.7 Å². The fourth-order valence-electron chi connectivity index (χ4n) is 2.55. The zero-order valence-electron chi connectivity index (χ0n) is 11.8. The van der Waals surface area contributed by atoms with E-state index >= 15 is 0 Å². The second kappa shape index (κ2) is 5.47. The second-order valence-corrected chi connectivity index (χ2v) is 5.17. The Morgan fingerprint density at radius 3 is 3.00 bits per heavy atom. The van der Waals surface area contributed by atoms with Crippen molar-refractivity contribution < 1.29 is 4.79 Å². The molecule has 0 saturated carbocycles. The van der Waals surface area contributed by atoms with Crippen molar-refractivity contribution in [2.24, 2.45) is 5.73 Å². The second-order valence-electron chi connectivity index (χ2n) is 5.17. The number of nitrogens with two attached hydrogens (primary N) is 1. The van der Waals surface area contributed by atoms with Gasteiger partial charge in [0.2, 0.25) is 5.82 Å². The Hall–Kier alpha value is -2.51.